The lowest BCUT2D eigenvalue weighted by atomic mass is 10.1. The molecule has 0 aromatic carbocycles. The molecule has 1 fully saturated rings. The number of pyridine rings is 2. The number of ether oxygens (including phenoxy) is 1. The highest BCUT2D eigenvalue weighted by molar-refractivity contribution is 5.93. The molecule has 0 aliphatic heterocycles. The van der Waals surface area contributed by atoms with Gasteiger partial charge in [0.1, 0.15) is 29.3 Å². The van der Waals surface area contributed by atoms with Crippen molar-refractivity contribution < 1.29 is 4.74 Å². The molecule has 1 aliphatic rings. The maximum atomic E-state index is 8.87. The van der Waals surface area contributed by atoms with Crippen LogP contribution in [0, 0.1) is 17.2 Å². The van der Waals surface area contributed by atoms with Gasteiger partial charge in [-0.3, -0.25) is 15.1 Å². The van der Waals surface area contributed by atoms with E-state index in [2.05, 4.69) is 35.5 Å². The van der Waals surface area contributed by atoms with Gasteiger partial charge in [0, 0.05) is 18.2 Å². The molecule has 0 unspecified atom stereocenters. The zero-order valence-electron chi connectivity index (χ0n) is 17.2. The van der Waals surface area contributed by atoms with E-state index in [-0.39, 0.29) is 11.8 Å². The van der Waals surface area contributed by atoms with Crippen LogP contribution in [0.4, 0.5) is 11.6 Å². The number of nitriles is 1. The first kappa shape index (κ1) is 19.8. The van der Waals surface area contributed by atoms with Crippen molar-refractivity contribution in [1.82, 2.24) is 30.1 Å². The Labute approximate surface area is 183 Å². The van der Waals surface area contributed by atoms with E-state index in [9.17, 15) is 0 Å². The average Bonchev–Trinajstić information content (AvgIpc) is 3.48. The minimum atomic E-state index is 0.0520. The minimum absolute atomic E-state index is 0.0520. The Hall–Kier alpha value is -4.10. The van der Waals surface area contributed by atoms with Crippen LogP contribution in [-0.4, -0.2) is 42.8 Å². The quantitative estimate of drug-likeness (QED) is 0.422. The SMILES string of the molecule is N#Cc1cnc(Nc2cc(-c3c(O[C@@H]4CCC[C@H]4CN)cnc4cccnc34)[nH]n2)cn1. The second-order valence-electron chi connectivity index (χ2n) is 7.64. The summed E-state index contributed by atoms with van der Waals surface area (Å²) in [6.45, 7) is 0.600. The molecule has 4 heterocycles. The van der Waals surface area contributed by atoms with E-state index in [0.29, 0.717) is 29.8 Å². The van der Waals surface area contributed by atoms with Crippen molar-refractivity contribution in [3.8, 4) is 23.1 Å². The van der Waals surface area contributed by atoms with Gasteiger partial charge in [0.15, 0.2) is 11.5 Å². The molecular formula is C22H21N9O. The number of hydrogen-bond donors (Lipinski definition) is 3. The van der Waals surface area contributed by atoms with Crippen molar-refractivity contribution in [1.29, 1.82) is 5.26 Å². The summed E-state index contributed by atoms with van der Waals surface area (Å²) in [4.78, 5) is 17.3. The van der Waals surface area contributed by atoms with Gasteiger partial charge in [-0.25, -0.2) is 9.97 Å². The standard InChI is InChI=1S/C22H21N9O/c23-8-13-3-1-5-17(13)32-18-11-27-15-4-2-6-25-22(15)21(18)16-7-19(31-30-16)29-20-12-26-14(9-24)10-28-20/h2,4,6-7,10-13,17H,1,3,5,8,23H2,(H2,28,29,30,31)/t13-,17+/m0/s1. The summed E-state index contributed by atoms with van der Waals surface area (Å²) in [5, 5.41) is 19.4. The highest BCUT2D eigenvalue weighted by Gasteiger charge is 2.29. The summed E-state index contributed by atoms with van der Waals surface area (Å²) in [6.07, 6.45) is 9.55. The predicted molar refractivity (Wildman–Crippen MR) is 118 cm³/mol. The fraction of sp³-hybridized carbons (Fsp3) is 0.273. The summed E-state index contributed by atoms with van der Waals surface area (Å²) in [5.41, 5.74) is 9.21. The van der Waals surface area contributed by atoms with E-state index in [0.717, 1.165) is 41.6 Å². The molecule has 160 valence electrons. The van der Waals surface area contributed by atoms with E-state index >= 15 is 0 Å². The molecule has 0 bridgehead atoms. The maximum Gasteiger partial charge on any atom is 0.158 e. The molecule has 0 saturated heterocycles. The summed E-state index contributed by atoms with van der Waals surface area (Å²) < 4.78 is 6.42. The number of nitrogens with two attached hydrogens (primary N) is 1. The average molecular weight is 427 g/mol. The number of hydrogen-bond acceptors (Lipinski definition) is 9. The van der Waals surface area contributed by atoms with Gasteiger partial charge in [-0.15, -0.1) is 0 Å². The molecule has 1 saturated carbocycles. The molecule has 4 aromatic heterocycles. The van der Waals surface area contributed by atoms with Gasteiger partial charge in [-0.05, 0) is 37.9 Å². The van der Waals surface area contributed by atoms with Crippen LogP contribution >= 0.6 is 0 Å². The van der Waals surface area contributed by atoms with E-state index < -0.39 is 0 Å². The Balaban J connectivity index is 1.50. The van der Waals surface area contributed by atoms with Crippen molar-refractivity contribution in [3.05, 3.63) is 48.7 Å². The van der Waals surface area contributed by atoms with Gasteiger partial charge in [-0.1, -0.05) is 0 Å². The number of anilines is 2. The Kier molecular flexibility index (Phi) is 5.31. The van der Waals surface area contributed by atoms with E-state index in [1.807, 2.05) is 24.3 Å². The molecule has 4 N–H and O–H groups in total. The van der Waals surface area contributed by atoms with Gasteiger partial charge in [0.05, 0.1) is 35.4 Å². The Morgan fingerprint density at radius 1 is 1.16 bits per heavy atom. The number of H-pyrrole nitrogens is 1. The van der Waals surface area contributed by atoms with Crippen LogP contribution in [0.3, 0.4) is 0 Å². The summed E-state index contributed by atoms with van der Waals surface area (Å²) in [7, 11) is 0. The monoisotopic (exact) mass is 427 g/mol. The number of nitrogens with zero attached hydrogens (tertiary/aromatic N) is 6. The van der Waals surface area contributed by atoms with Crippen molar-refractivity contribution in [2.45, 2.75) is 25.4 Å². The lowest BCUT2D eigenvalue weighted by Crippen LogP contribution is -2.27. The lowest BCUT2D eigenvalue weighted by Gasteiger charge is -2.21. The smallest absolute Gasteiger partial charge is 0.158 e. The zero-order chi connectivity index (χ0) is 21.9. The number of aromatic nitrogens is 6. The second-order valence-corrected chi connectivity index (χ2v) is 7.64. The van der Waals surface area contributed by atoms with Crippen LogP contribution < -0.4 is 15.8 Å². The minimum Gasteiger partial charge on any atom is -0.488 e. The maximum absolute atomic E-state index is 8.87. The largest absolute Gasteiger partial charge is 0.488 e. The molecule has 5 rings (SSSR count). The third-order valence-corrected chi connectivity index (χ3v) is 5.63. The summed E-state index contributed by atoms with van der Waals surface area (Å²) in [5.74, 6) is 2.01. The molecule has 0 radical (unpaired) electrons. The molecule has 1 aliphatic carbocycles. The van der Waals surface area contributed by atoms with Crippen molar-refractivity contribution in [2.75, 3.05) is 11.9 Å². The van der Waals surface area contributed by atoms with Crippen LogP contribution in [-0.2, 0) is 0 Å². The first-order valence-corrected chi connectivity index (χ1v) is 10.4. The van der Waals surface area contributed by atoms with Crippen molar-refractivity contribution in [2.24, 2.45) is 11.7 Å². The van der Waals surface area contributed by atoms with Gasteiger partial charge in [-0.2, -0.15) is 10.4 Å². The molecular weight excluding hydrogens is 406 g/mol. The highest BCUT2D eigenvalue weighted by atomic mass is 16.5. The topological polar surface area (TPSA) is 151 Å². The highest BCUT2D eigenvalue weighted by Crippen LogP contribution is 2.38. The fourth-order valence-electron chi connectivity index (χ4n) is 4.04. The van der Waals surface area contributed by atoms with Crippen molar-refractivity contribution >= 4 is 22.7 Å². The Morgan fingerprint density at radius 3 is 2.91 bits per heavy atom. The lowest BCUT2D eigenvalue weighted by molar-refractivity contribution is 0.163. The number of fused-ring (bicyclic) bond motifs is 1. The Bertz CT molecular complexity index is 1280. The van der Waals surface area contributed by atoms with E-state index in [1.165, 1.54) is 12.4 Å². The third-order valence-electron chi connectivity index (χ3n) is 5.63. The zero-order valence-corrected chi connectivity index (χ0v) is 17.2. The number of aromatic amines is 1. The van der Waals surface area contributed by atoms with Gasteiger partial charge in [0.2, 0.25) is 0 Å². The van der Waals surface area contributed by atoms with Crippen LogP contribution in [0.1, 0.15) is 25.0 Å². The number of rotatable bonds is 6. The normalized spacial score (nSPS) is 17.9. The Morgan fingerprint density at radius 2 is 2.09 bits per heavy atom. The molecule has 2 atom stereocenters. The van der Waals surface area contributed by atoms with Crippen LogP contribution in [0.25, 0.3) is 22.3 Å². The fourth-order valence-corrected chi connectivity index (χ4v) is 4.04. The van der Waals surface area contributed by atoms with Gasteiger partial charge in [0.25, 0.3) is 0 Å². The van der Waals surface area contributed by atoms with Gasteiger partial charge < -0.3 is 15.8 Å². The molecule has 10 nitrogen and oxygen atoms in total. The molecule has 10 heteroatoms. The molecule has 0 spiro atoms. The van der Waals surface area contributed by atoms with Crippen LogP contribution in [0.2, 0.25) is 0 Å². The summed E-state index contributed by atoms with van der Waals surface area (Å²) in [6, 6.07) is 7.56. The van der Waals surface area contributed by atoms with Gasteiger partial charge >= 0.3 is 0 Å². The summed E-state index contributed by atoms with van der Waals surface area (Å²) >= 11 is 0. The first-order valence-electron chi connectivity index (χ1n) is 10.4. The van der Waals surface area contributed by atoms with Crippen LogP contribution in [0.5, 0.6) is 5.75 Å². The molecule has 4 aromatic rings. The number of nitrogens with one attached hydrogen (secondary N) is 2. The molecule has 32 heavy (non-hydrogen) atoms. The van der Waals surface area contributed by atoms with Crippen molar-refractivity contribution in [3.63, 3.8) is 0 Å². The van der Waals surface area contributed by atoms with E-state index in [4.69, 9.17) is 15.7 Å². The van der Waals surface area contributed by atoms with Crippen LogP contribution in [0.15, 0.2) is 43.0 Å². The van der Waals surface area contributed by atoms with E-state index in [1.54, 1.807) is 12.4 Å². The predicted octanol–water partition coefficient (Wildman–Crippen LogP) is 2.93. The molecule has 0 amide bonds. The second kappa shape index (κ2) is 8.56. The first-order chi connectivity index (χ1) is 15.7. The third kappa shape index (κ3) is 3.81.